The zero-order valence-corrected chi connectivity index (χ0v) is 11.3. The molecule has 5 nitrogen and oxygen atoms in total. The Morgan fingerprint density at radius 1 is 1.56 bits per heavy atom. The van der Waals surface area contributed by atoms with Crippen LogP contribution < -0.4 is 5.32 Å². The Bertz CT molecular complexity index is 554. The Kier molecular flexibility index (Phi) is 3.99. The first-order chi connectivity index (χ1) is 8.69. The van der Waals surface area contributed by atoms with Gasteiger partial charge < -0.3 is 14.6 Å². The molecule has 0 unspecified atom stereocenters. The second-order valence-corrected chi connectivity index (χ2v) is 4.49. The molecule has 0 fully saturated rings. The summed E-state index contributed by atoms with van der Waals surface area (Å²) in [5, 5.41) is 2.38. The highest BCUT2D eigenvalue weighted by atomic mass is 79.9. The van der Waals surface area contributed by atoms with Crippen LogP contribution in [0.15, 0.2) is 41.3 Å². The number of carbonyl (C=O) groups excluding carboxylic acids is 1. The molecule has 1 aromatic heterocycles. The molecule has 2 aromatic rings. The molecule has 18 heavy (non-hydrogen) atoms. The lowest BCUT2D eigenvalue weighted by molar-refractivity contribution is 0.140. The van der Waals surface area contributed by atoms with Crippen LogP contribution in [0.25, 0.3) is 5.69 Å². The van der Waals surface area contributed by atoms with Crippen molar-refractivity contribution in [2.45, 2.75) is 6.61 Å². The summed E-state index contributed by atoms with van der Waals surface area (Å²) in [6.07, 6.45) is 3.04. The predicted octanol–water partition coefficient (Wildman–Crippen LogP) is 2.49. The molecule has 0 saturated carbocycles. The van der Waals surface area contributed by atoms with Gasteiger partial charge in [0.2, 0.25) is 0 Å². The molecule has 2 rings (SSSR count). The van der Waals surface area contributed by atoms with Gasteiger partial charge in [-0.25, -0.2) is 9.78 Å². The number of hydrogen-bond acceptors (Lipinski definition) is 3. The smallest absolute Gasteiger partial charge is 0.407 e. The zero-order chi connectivity index (χ0) is 13.0. The van der Waals surface area contributed by atoms with Crippen molar-refractivity contribution in [2.75, 3.05) is 7.05 Å². The van der Waals surface area contributed by atoms with Crippen molar-refractivity contribution < 1.29 is 9.53 Å². The highest BCUT2D eigenvalue weighted by Crippen LogP contribution is 2.15. The molecular weight excluding hydrogens is 298 g/mol. The molecule has 0 aliphatic heterocycles. The van der Waals surface area contributed by atoms with Crippen LogP contribution in [-0.4, -0.2) is 22.7 Å². The van der Waals surface area contributed by atoms with E-state index in [2.05, 4.69) is 26.2 Å². The first kappa shape index (κ1) is 12.6. The minimum atomic E-state index is -0.466. The minimum absolute atomic E-state index is 0.153. The van der Waals surface area contributed by atoms with E-state index in [0.29, 0.717) is 5.69 Å². The van der Waals surface area contributed by atoms with E-state index >= 15 is 0 Å². The lowest BCUT2D eigenvalue weighted by Crippen LogP contribution is -2.18. The number of hydrogen-bond donors (Lipinski definition) is 1. The van der Waals surface area contributed by atoms with E-state index in [1.165, 1.54) is 7.05 Å². The van der Waals surface area contributed by atoms with Gasteiger partial charge in [0.25, 0.3) is 0 Å². The summed E-state index contributed by atoms with van der Waals surface area (Å²) in [6, 6.07) is 7.84. The fourth-order valence-electron chi connectivity index (χ4n) is 1.43. The highest BCUT2D eigenvalue weighted by molar-refractivity contribution is 9.10. The number of ether oxygens (including phenoxy) is 1. The van der Waals surface area contributed by atoms with Crippen LogP contribution in [0.2, 0.25) is 0 Å². The summed E-state index contributed by atoms with van der Waals surface area (Å²) in [7, 11) is 1.52. The van der Waals surface area contributed by atoms with Gasteiger partial charge in [-0.1, -0.05) is 22.0 Å². The third-order valence-electron chi connectivity index (χ3n) is 2.30. The van der Waals surface area contributed by atoms with Crippen molar-refractivity contribution in [2.24, 2.45) is 0 Å². The minimum Gasteiger partial charge on any atom is -0.443 e. The first-order valence-electron chi connectivity index (χ1n) is 5.32. The predicted molar refractivity (Wildman–Crippen MR) is 70.5 cm³/mol. The monoisotopic (exact) mass is 309 g/mol. The van der Waals surface area contributed by atoms with Gasteiger partial charge in [-0.05, 0) is 18.2 Å². The number of amides is 1. The maximum Gasteiger partial charge on any atom is 0.407 e. The number of benzene rings is 1. The van der Waals surface area contributed by atoms with Gasteiger partial charge in [0.15, 0.2) is 0 Å². The summed E-state index contributed by atoms with van der Waals surface area (Å²) in [5.41, 5.74) is 1.68. The molecule has 0 aliphatic rings. The van der Waals surface area contributed by atoms with Crippen LogP contribution in [0, 0.1) is 0 Å². The van der Waals surface area contributed by atoms with Crippen LogP contribution in [0.1, 0.15) is 5.69 Å². The molecule has 1 heterocycles. The second kappa shape index (κ2) is 5.68. The molecule has 1 amide bonds. The molecule has 0 atom stereocenters. The molecule has 0 aliphatic carbocycles. The highest BCUT2D eigenvalue weighted by Gasteiger charge is 2.04. The third kappa shape index (κ3) is 3.10. The van der Waals surface area contributed by atoms with Crippen LogP contribution in [0.5, 0.6) is 0 Å². The molecule has 94 valence electrons. The maximum atomic E-state index is 10.9. The first-order valence-corrected chi connectivity index (χ1v) is 6.11. The molecule has 1 aromatic carbocycles. The molecule has 0 radical (unpaired) electrons. The van der Waals surface area contributed by atoms with Gasteiger partial charge in [-0.15, -0.1) is 0 Å². The Balaban J connectivity index is 2.08. The van der Waals surface area contributed by atoms with E-state index in [1.807, 2.05) is 35.0 Å². The average Bonchev–Trinajstić information content (AvgIpc) is 2.84. The van der Waals surface area contributed by atoms with Crippen molar-refractivity contribution >= 4 is 22.0 Å². The van der Waals surface area contributed by atoms with E-state index in [1.54, 1.807) is 6.33 Å². The summed E-state index contributed by atoms with van der Waals surface area (Å²) >= 11 is 3.41. The lowest BCUT2D eigenvalue weighted by atomic mass is 10.3. The Morgan fingerprint density at radius 2 is 2.39 bits per heavy atom. The SMILES string of the molecule is CNC(=O)OCc1cn(-c2cccc(Br)c2)cn1. The van der Waals surface area contributed by atoms with Gasteiger partial charge in [0.05, 0.1) is 12.0 Å². The number of imidazole rings is 1. The van der Waals surface area contributed by atoms with Crippen LogP contribution in [0.3, 0.4) is 0 Å². The van der Waals surface area contributed by atoms with Crippen molar-refractivity contribution in [1.82, 2.24) is 14.9 Å². The molecule has 0 spiro atoms. The normalized spacial score (nSPS) is 10.1. The Hall–Kier alpha value is -1.82. The van der Waals surface area contributed by atoms with Crippen molar-refractivity contribution in [3.8, 4) is 5.69 Å². The van der Waals surface area contributed by atoms with Gasteiger partial charge >= 0.3 is 6.09 Å². The summed E-state index contributed by atoms with van der Waals surface area (Å²) in [5.74, 6) is 0. The largest absolute Gasteiger partial charge is 0.443 e. The van der Waals surface area contributed by atoms with E-state index in [-0.39, 0.29) is 6.61 Å². The standard InChI is InChI=1S/C12H12BrN3O2/c1-14-12(17)18-7-10-6-16(8-15-10)11-4-2-3-9(13)5-11/h2-6,8H,7H2,1H3,(H,14,17). The van der Waals surface area contributed by atoms with E-state index in [0.717, 1.165) is 10.2 Å². The topological polar surface area (TPSA) is 56.1 Å². The third-order valence-corrected chi connectivity index (χ3v) is 2.79. The van der Waals surface area contributed by atoms with Gasteiger partial charge in [0.1, 0.15) is 6.61 Å². The fourth-order valence-corrected chi connectivity index (χ4v) is 1.81. The number of nitrogens with zero attached hydrogens (tertiary/aromatic N) is 2. The lowest BCUT2D eigenvalue weighted by Gasteiger charge is -2.02. The maximum absolute atomic E-state index is 10.9. The van der Waals surface area contributed by atoms with Gasteiger partial charge in [-0.2, -0.15) is 0 Å². The molecule has 0 bridgehead atoms. The van der Waals surface area contributed by atoms with Crippen LogP contribution in [0.4, 0.5) is 4.79 Å². The number of alkyl carbamates (subject to hydrolysis) is 1. The molecule has 1 N–H and O–H groups in total. The fraction of sp³-hybridized carbons (Fsp3) is 0.167. The van der Waals surface area contributed by atoms with Crippen LogP contribution >= 0.6 is 15.9 Å². The van der Waals surface area contributed by atoms with E-state index < -0.39 is 6.09 Å². The Morgan fingerprint density at radius 3 is 3.11 bits per heavy atom. The number of rotatable bonds is 3. The summed E-state index contributed by atoms with van der Waals surface area (Å²) in [6.45, 7) is 0.153. The van der Waals surface area contributed by atoms with Crippen molar-refractivity contribution in [3.05, 3.63) is 47.0 Å². The van der Waals surface area contributed by atoms with E-state index in [4.69, 9.17) is 4.74 Å². The van der Waals surface area contributed by atoms with Gasteiger partial charge in [0, 0.05) is 23.4 Å². The van der Waals surface area contributed by atoms with Crippen molar-refractivity contribution in [1.29, 1.82) is 0 Å². The summed E-state index contributed by atoms with van der Waals surface area (Å²) in [4.78, 5) is 15.1. The number of nitrogens with one attached hydrogen (secondary N) is 1. The molecule has 6 heteroatoms. The molecule has 0 saturated heterocycles. The average molecular weight is 310 g/mol. The van der Waals surface area contributed by atoms with Crippen LogP contribution in [-0.2, 0) is 11.3 Å². The number of aromatic nitrogens is 2. The second-order valence-electron chi connectivity index (χ2n) is 3.58. The molecular formula is C12H12BrN3O2. The van der Waals surface area contributed by atoms with E-state index in [9.17, 15) is 4.79 Å². The zero-order valence-electron chi connectivity index (χ0n) is 9.76. The quantitative estimate of drug-likeness (QED) is 0.947. The summed E-state index contributed by atoms with van der Waals surface area (Å²) < 4.78 is 7.78. The number of halogens is 1. The number of carbonyl (C=O) groups is 1. The van der Waals surface area contributed by atoms with Gasteiger partial charge in [-0.3, -0.25) is 0 Å². The van der Waals surface area contributed by atoms with Crippen molar-refractivity contribution in [3.63, 3.8) is 0 Å². The Labute approximate surface area is 113 Å².